The van der Waals surface area contributed by atoms with E-state index in [0.717, 1.165) is 5.69 Å². The fourth-order valence-corrected chi connectivity index (χ4v) is 2.40. The van der Waals surface area contributed by atoms with Crippen molar-refractivity contribution < 1.29 is 9.18 Å². The summed E-state index contributed by atoms with van der Waals surface area (Å²) in [5.74, 6) is -0.0585. The van der Waals surface area contributed by atoms with E-state index in [2.05, 4.69) is 10.4 Å². The number of benzene rings is 1. The monoisotopic (exact) mass is 303 g/mol. The number of aromatic nitrogens is 2. The van der Waals surface area contributed by atoms with E-state index in [1.807, 2.05) is 20.8 Å². The number of hydrogen-bond acceptors (Lipinski definition) is 2. The normalized spacial score (nSPS) is 11.0. The molecule has 0 saturated heterocycles. The lowest BCUT2D eigenvalue weighted by Gasteiger charge is -2.10. The minimum Gasteiger partial charge on any atom is -0.352 e. The molecule has 0 bridgehead atoms. The summed E-state index contributed by atoms with van der Waals surface area (Å²) in [6, 6.07) is 6.23. The van der Waals surface area contributed by atoms with Gasteiger partial charge in [0.05, 0.1) is 22.6 Å². The summed E-state index contributed by atoms with van der Waals surface area (Å²) in [6.45, 7) is 8.48. The maximum absolute atomic E-state index is 13.4. The highest BCUT2D eigenvalue weighted by Gasteiger charge is 2.21. The molecule has 0 saturated carbocycles. The number of aryl methyl sites for hydroxylation is 1. The first kappa shape index (κ1) is 16.2. The second-order valence-electron chi connectivity index (χ2n) is 5.76. The number of nitrogens with one attached hydrogen (secondary N) is 1. The van der Waals surface area contributed by atoms with Crippen LogP contribution in [-0.4, -0.2) is 22.2 Å². The van der Waals surface area contributed by atoms with E-state index < -0.39 is 0 Å². The molecule has 2 rings (SSSR count). The van der Waals surface area contributed by atoms with Gasteiger partial charge in [0.15, 0.2) is 0 Å². The Kier molecular flexibility index (Phi) is 4.96. The fraction of sp³-hybridized carbons (Fsp3) is 0.412. The van der Waals surface area contributed by atoms with Gasteiger partial charge in [-0.1, -0.05) is 26.8 Å². The minimum absolute atomic E-state index is 0.120. The van der Waals surface area contributed by atoms with Gasteiger partial charge in [-0.05, 0) is 37.5 Å². The van der Waals surface area contributed by atoms with Gasteiger partial charge in [-0.3, -0.25) is 4.79 Å². The van der Waals surface area contributed by atoms with Gasteiger partial charge in [-0.25, -0.2) is 9.07 Å². The number of nitrogens with zero attached hydrogens (tertiary/aromatic N) is 2. The molecule has 0 radical (unpaired) electrons. The molecule has 22 heavy (non-hydrogen) atoms. The molecule has 1 amide bonds. The summed E-state index contributed by atoms with van der Waals surface area (Å²) < 4.78 is 15.1. The Morgan fingerprint density at radius 1 is 1.41 bits per heavy atom. The number of rotatable bonds is 5. The van der Waals surface area contributed by atoms with Gasteiger partial charge in [0, 0.05) is 6.54 Å². The molecule has 118 valence electrons. The average molecular weight is 303 g/mol. The number of carbonyl (C=O) groups excluding carboxylic acids is 1. The highest BCUT2D eigenvalue weighted by Crippen LogP contribution is 2.20. The molecule has 0 spiro atoms. The van der Waals surface area contributed by atoms with Crippen LogP contribution in [0.3, 0.4) is 0 Å². The second kappa shape index (κ2) is 6.73. The molecule has 0 aliphatic rings. The minimum atomic E-state index is -0.321. The van der Waals surface area contributed by atoms with Crippen molar-refractivity contribution in [1.29, 1.82) is 0 Å². The average Bonchev–Trinajstić information content (AvgIpc) is 2.81. The van der Waals surface area contributed by atoms with Crippen molar-refractivity contribution in [3.63, 3.8) is 0 Å². The van der Waals surface area contributed by atoms with Gasteiger partial charge in [-0.2, -0.15) is 5.10 Å². The predicted molar refractivity (Wildman–Crippen MR) is 84.8 cm³/mol. The molecular weight excluding hydrogens is 281 g/mol. The van der Waals surface area contributed by atoms with Crippen LogP contribution < -0.4 is 5.32 Å². The molecule has 0 aliphatic carbocycles. The highest BCUT2D eigenvalue weighted by molar-refractivity contribution is 5.96. The Morgan fingerprint density at radius 3 is 2.73 bits per heavy atom. The molecule has 2 aromatic rings. The van der Waals surface area contributed by atoms with Crippen LogP contribution in [0.5, 0.6) is 0 Å². The molecule has 0 unspecified atom stereocenters. The second-order valence-corrected chi connectivity index (χ2v) is 5.76. The fourth-order valence-electron chi connectivity index (χ4n) is 2.40. The zero-order valence-electron chi connectivity index (χ0n) is 13.5. The standard InChI is InChI=1S/C17H22FN3O/c1-5-15-16(17(22)19-10-11(2)3)12(4)20-21(15)14-8-6-7-13(18)9-14/h6-9,11H,5,10H2,1-4H3,(H,19,22). The number of hydrogen-bond donors (Lipinski definition) is 1. The van der Waals surface area contributed by atoms with Crippen molar-refractivity contribution in [2.24, 2.45) is 5.92 Å². The Hall–Kier alpha value is -2.17. The molecular formula is C17H22FN3O. The predicted octanol–water partition coefficient (Wildman–Crippen LogP) is 3.27. The van der Waals surface area contributed by atoms with E-state index in [1.165, 1.54) is 12.1 Å². The van der Waals surface area contributed by atoms with Crippen molar-refractivity contribution in [2.75, 3.05) is 6.54 Å². The number of carbonyl (C=O) groups is 1. The van der Waals surface area contributed by atoms with E-state index >= 15 is 0 Å². The zero-order chi connectivity index (χ0) is 16.3. The van der Waals surface area contributed by atoms with Crippen molar-refractivity contribution in [2.45, 2.75) is 34.1 Å². The van der Waals surface area contributed by atoms with E-state index in [1.54, 1.807) is 23.7 Å². The van der Waals surface area contributed by atoms with E-state index in [9.17, 15) is 9.18 Å². The maximum atomic E-state index is 13.4. The van der Waals surface area contributed by atoms with Crippen LogP contribution in [0.1, 0.15) is 42.5 Å². The van der Waals surface area contributed by atoms with Crippen LogP contribution >= 0.6 is 0 Å². The molecule has 1 heterocycles. The number of halogens is 1. The third-order valence-electron chi connectivity index (χ3n) is 3.44. The number of amides is 1. The summed E-state index contributed by atoms with van der Waals surface area (Å²) >= 11 is 0. The quantitative estimate of drug-likeness (QED) is 0.921. The smallest absolute Gasteiger partial charge is 0.255 e. The van der Waals surface area contributed by atoms with Crippen LogP contribution in [0.25, 0.3) is 5.69 Å². The zero-order valence-corrected chi connectivity index (χ0v) is 13.5. The lowest BCUT2D eigenvalue weighted by molar-refractivity contribution is 0.0947. The molecule has 1 aromatic heterocycles. The van der Waals surface area contributed by atoms with Crippen molar-refractivity contribution in [3.8, 4) is 5.69 Å². The maximum Gasteiger partial charge on any atom is 0.255 e. The summed E-state index contributed by atoms with van der Waals surface area (Å²) in [5.41, 5.74) is 2.67. The van der Waals surface area contributed by atoms with Crippen LogP contribution in [0.2, 0.25) is 0 Å². The first-order valence-corrected chi connectivity index (χ1v) is 7.56. The van der Waals surface area contributed by atoms with Crippen molar-refractivity contribution in [3.05, 3.63) is 47.0 Å². The van der Waals surface area contributed by atoms with Gasteiger partial charge in [-0.15, -0.1) is 0 Å². The van der Waals surface area contributed by atoms with Gasteiger partial charge >= 0.3 is 0 Å². The van der Waals surface area contributed by atoms with Crippen LogP contribution in [0, 0.1) is 18.7 Å². The molecule has 5 heteroatoms. The Labute approximate surface area is 130 Å². The molecule has 0 fully saturated rings. The van der Waals surface area contributed by atoms with Crippen molar-refractivity contribution in [1.82, 2.24) is 15.1 Å². The molecule has 0 aliphatic heterocycles. The van der Waals surface area contributed by atoms with Gasteiger partial charge in [0.25, 0.3) is 5.91 Å². The Balaban J connectivity index is 2.42. The first-order chi connectivity index (χ1) is 10.4. The van der Waals surface area contributed by atoms with E-state index in [4.69, 9.17) is 0 Å². The Bertz CT molecular complexity index is 677. The summed E-state index contributed by atoms with van der Waals surface area (Å²) in [7, 11) is 0. The topological polar surface area (TPSA) is 46.9 Å². The third-order valence-corrected chi connectivity index (χ3v) is 3.44. The van der Waals surface area contributed by atoms with Crippen LogP contribution in [0.4, 0.5) is 4.39 Å². The lowest BCUT2D eigenvalue weighted by Crippen LogP contribution is -2.28. The molecule has 1 N–H and O–H groups in total. The van der Waals surface area contributed by atoms with Crippen LogP contribution in [0.15, 0.2) is 24.3 Å². The summed E-state index contributed by atoms with van der Waals surface area (Å²) in [4.78, 5) is 12.4. The first-order valence-electron chi connectivity index (χ1n) is 7.56. The van der Waals surface area contributed by atoms with E-state index in [0.29, 0.717) is 35.8 Å². The summed E-state index contributed by atoms with van der Waals surface area (Å²) in [6.07, 6.45) is 0.641. The highest BCUT2D eigenvalue weighted by atomic mass is 19.1. The van der Waals surface area contributed by atoms with E-state index in [-0.39, 0.29) is 11.7 Å². The van der Waals surface area contributed by atoms with Crippen LogP contribution in [-0.2, 0) is 6.42 Å². The summed E-state index contributed by atoms with van der Waals surface area (Å²) in [5, 5.41) is 7.35. The lowest BCUT2D eigenvalue weighted by atomic mass is 10.1. The molecule has 1 aromatic carbocycles. The molecule has 4 nitrogen and oxygen atoms in total. The Morgan fingerprint density at radius 2 is 2.14 bits per heavy atom. The third kappa shape index (κ3) is 3.35. The van der Waals surface area contributed by atoms with Gasteiger partial charge in [0.1, 0.15) is 5.82 Å². The SMILES string of the molecule is CCc1c(C(=O)NCC(C)C)c(C)nn1-c1cccc(F)c1. The van der Waals surface area contributed by atoms with Crippen molar-refractivity contribution >= 4 is 5.91 Å². The van der Waals surface area contributed by atoms with Gasteiger partial charge < -0.3 is 5.32 Å². The van der Waals surface area contributed by atoms with Gasteiger partial charge in [0.2, 0.25) is 0 Å². The molecule has 0 atom stereocenters. The largest absolute Gasteiger partial charge is 0.352 e.